The van der Waals surface area contributed by atoms with Crippen LogP contribution in [0.2, 0.25) is 0 Å². The van der Waals surface area contributed by atoms with Crippen LogP contribution in [0.15, 0.2) is 36.4 Å². The van der Waals surface area contributed by atoms with E-state index in [4.69, 9.17) is 0 Å². The molecule has 0 aliphatic rings. The number of rotatable bonds is 4. The maximum absolute atomic E-state index is 12.5. The summed E-state index contributed by atoms with van der Waals surface area (Å²) in [7, 11) is 7.87. The lowest BCUT2D eigenvalue weighted by atomic mass is 10.1. The Morgan fingerprint density at radius 1 is 0.750 bits per heavy atom. The van der Waals surface area contributed by atoms with E-state index in [1.165, 1.54) is 0 Å². The zero-order chi connectivity index (χ0) is 17.9. The second kappa shape index (κ2) is 7.25. The number of hydrogen-bond acceptors (Lipinski definition) is 3. The summed E-state index contributed by atoms with van der Waals surface area (Å²) in [5.41, 5.74) is 5.81. The van der Waals surface area contributed by atoms with Crippen LogP contribution in [0.5, 0.6) is 0 Å². The Balaban J connectivity index is 2.25. The molecule has 0 fully saturated rings. The highest BCUT2D eigenvalue weighted by Crippen LogP contribution is 2.30. The van der Waals surface area contributed by atoms with Gasteiger partial charge in [0, 0.05) is 28.2 Å². The Bertz CT molecular complexity index is 677. The van der Waals surface area contributed by atoms with Crippen molar-refractivity contribution >= 4 is 28.8 Å². The molecule has 0 saturated heterocycles. The molecule has 0 saturated carbocycles. The molecular formula is C19H26N4O. The maximum Gasteiger partial charge on any atom is 0.323 e. The standard InChI is InChI=1S/C19H26N4O/c1-13-9-7-11-15(17(13)22(3)4)20-19(24)21-16-12-8-10-14(2)18(16)23(5)6/h7-12H,1-6H3,(H2,20,21,24). The van der Waals surface area contributed by atoms with Gasteiger partial charge in [0.2, 0.25) is 0 Å². The van der Waals surface area contributed by atoms with Gasteiger partial charge in [0.05, 0.1) is 22.7 Å². The van der Waals surface area contributed by atoms with E-state index in [9.17, 15) is 4.79 Å². The lowest BCUT2D eigenvalue weighted by Gasteiger charge is -2.22. The summed E-state index contributed by atoms with van der Waals surface area (Å²) >= 11 is 0. The molecule has 2 N–H and O–H groups in total. The predicted octanol–water partition coefficient (Wildman–Crippen LogP) is 4.08. The van der Waals surface area contributed by atoms with E-state index in [1.54, 1.807) is 0 Å². The average molecular weight is 326 g/mol. The Hall–Kier alpha value is -2.69. The number of amides is 2. The molecular weight excluding hydrogens is 300 g/mol. The van der Waals surface area contributed by atoms with Crippen molar-refractivity contribution in [3.8, 4) is 0 Å². The topological polar surface area (TPSA) is 47.6 Å². The number of carbonyl (C=O) groups is 1. The molecule has 0 aromatic heterocycles. The summed E-state index contributed by atoms with van der Waals surface area (Å²) in [5, 5.41) is 5.91. The molecule has 128 valence electrons. The molecule has 24 heavy (non-hydrogen) atoms. The molecule has 0 aliphatic carbocycles. The predicted molar refractivity (Wildman–Crippen MR) is 104 cm³/mol. The summed E-state index contributed by atoms with van der Waals surface area (Å²) in [6.45, 7) is 4.06. The molecule has 2 amide bonds. The van der Waals surface area contributed by atoms with Gasteiger partial charge < -0.3 is 20.4 Å². The van der Waals surface area contributed by atoms with Crippen LogP contribution in [0, 0.1) is 13.8 Å². The summed E-state index contributed by atoms with van der Waals surface area (Å²) in [6, 6.07) is 11.5. The molecule has 5 nitrogen and oxygen atoms in total. The first-order valence-electron chi connectivity index (χ1n) is 7.93. The van der Waals surface area contributed by atoms with Crippen LogP contribution in [0.4, 0.5) is 27.5 Å². The van der Waals surface area contributed by atoms with Gasteiger partial charge in [0.1, 0.15) is 0 Å². The van der Waals surface area contributed by atoms with Gasteiger partial charge in [-0.05, 0) is 37.1 Å². The molecule has 0 radical (unpaired) electrons. The number of nitrogens with one attached hydrogen (secondary N) is 2. The fourth-order valence-corrected chi connectivity index (χ4v) is 2.98. The van der Waals surface area contributed by atoms with Crippen LogP contribution >= 0.6 is 0 Å². The van der Waals surface area contributed by atoms with E-state index in [-0.39, 0.29) is 6.03 Å². The van der Waals surface area contributed by atoms with Gasteiger partial charge >= 0.3 is 6.03 Å². The first kappa shape index (κ1) is 17.7. The van der Waals surface area contributed by atoms with Crippen LogP contribution in [0.3, 0.4) is 0 Å². The lowest BCUT2D eigenvalue weighted by molar-refractivity contribution is 0.262. The van der Waals surface area contributed by atoms with Crippen molar-refractivity contribution < 1.29 is 4.79 Å². The molecule has 0 heterocycles. The molecule has 5 heteroatoms. The van der Waals surface area contributed by atoms with Crippen LogP contribution in [0.25, 0.3) is 0 Å². The lowest BCUT2D eigenvalue weighted by Crippen LogP contribution is -2.23. The Labute approximate surface area is 144 Å². The number of benzene rings is 2. The van der Waals surface area contributed by atoms with Crippen molar-refractivity contribution in [2.45, 2.75) is 13.8 Å². The molecule has 0 unspecified atom stereocenters. The van der Waals surface area contributed by atoms with E-state index in [0.29, 0.717) is 0 Å². The number of nitrogens with zero attached hydrogens (tertiary/aromatic N) is 2. The number of para-hydroxylation sites is 2. The molecule has 0 bridgehead atoms. The summed E-state index contributed by atoms with van der Waals surface area (Å²) < 4.78 is 0. The summed E-state index contributed by atoms with van der Waals surface area (Å²) in [6.07, 6.45) is 0. The Kier molecular flexibility index (Phi) is 5.34. The van der Waals surface area contributed by atoms with E-state index >= 15 is 0 Å². The van der Waals surface area contributed by atoms with E-state index < -0.39 is 0 Å². The van der Waals surface area contributed by atoms with Crippen molar-refractivity contribution in [1.82, 2.24) is 0 Å². The molecule has 0 spiro atoms. The third-order valence-corrected chi connectivity index (χ3v) is 3.87. The third-order valence-electron chi connectivity index (χ3n) is 3.87. The van der Waals surface area contributed by atoms with E-state index in [2.05, 4.69) is 10.6 Å². The molecule has 2 aromatic rings. The highest BCUT2D eigenvalue weighted by Gasteiger charge is 2.13. The Morgan fingerprint density at radius 3 is 1.46 bits per heavy atom. The molecule has 2 rings (SSSR count). The fraction of sp³-hybridized carbons (Fsp3) is 0.316. The first-order valence-corrected chi connectivity index (χ1v) is 7.93. The highest BCUT2D eigenvalue weighted by molar-refractivity contribution is 6.04. The van der Waals surface area contributed by atoms with Gasteiger partial charge in [-0.2, -0.15) is 0 Å². The van der Waals surface area contributed by atoms with Gasteiger partial charge in [-0.1, -0.05) is 24.3 Å². The second-order valence-corrected chi connectivity index (χ2v) is 6.31. The van der Waals surface area contributed by atoms with Gasteiger partial charge in [-0.25, -0.2) is 4.79 Å². The van der Waals surface area contributed by atoms with Crippen LogP contribution in [-0.4, -0.2) is 34.2 Å². The summed E-state index contributed by atoms with van der Waals surface area (Å²) in [4.78, 5) is 16.5. The van der Waals surface area contributed by atoms with Gasteiger partial charge in [0.25, 0.3) is 0 Å². The number of aryl methyl sites for hydroxylation is 2. The smallest absolute Gasteiger partial charge is 0.323 e. The van der Waals surface area contributed by atoms with Gasteiger partial charge in [-0.15, -0.1) is 0 Å². The zero-order valence-corrected chi connectivity index (χ0v) is 15.3. The number of hydrogen-bond donors (Lipinski definition) is 2. The van der Waals surface area contributed by atoms with Crippen molar-refractivity contribution in [2.24, 2.45) is 0 Å². The summed E-state index contributed by atoms with van der Waals surface area (Å²) in [5.74, 6) is 0. The first-order chi connectivity index (χ1) is 11.3. The normalized spacial score (nSPS) is 10.2. The van der Waals surface area contributed by atoms with Crippen LogP contribution < -0.4 is 20.4 Å². The molecule has 2 aromatic carbocycles. The van der Waals surface area contributed by atoms with E-state index in [0.717, 1.165) is 33.9 Å². The van der Waals surface area contributed by atoms with E-state index in [1.807, 2.05) is 88.2 Å². The number of carbonyl (C=O) groups excluding carboxylic acids is 1. The van der Waals surface area contributed by atoms with Crippen LogP contribution in [0.1, 0.15) is 11.1 Å². The van der Waals surface area contributed by atoms with Crippen LogP contribution in [-0.2, 0) is 0 Å². The molecule has 0 aliphatic heterocycles. The zero-order valence-electron chi connectivity index (χ0n) is 15.3. The largest absolute Gasteiger partial charge is 0.376 e. The number of urea groups is 1. The Morgan fingerprint density at radius 2 is 1.12 bits per heavy atom. The molecule has 0 atom stereocenters. The van der Waals surface area contributed by atoms with Crippen molar-refractivity contribution in [2.75, 3.05) is 48.6 Å². The maximum atomic E-state index is 12.5. The van der Waals surface area contributed by atoms with Gasteiger partial charge in [-0.3, -0.25) is 0 Å². The monoisotopic (exact) mass is 326 g/mol. The second-order valence-electron chi connectivity index (χ2n) is 6.31. The van der Waals surface area contributed by atoms with Crippen molar-refractivity contribution in [3.05, 3.63) is 47.5 Å². The minimum Gasteiger partial charge on any atom is -0.376 e. The average Bonchev–Trinajstić information content (AvgIpc) is 2.46. The highest BCUT2D eigenvalue weighted by atomic mass is 16.2. The van der Waals surface area contributed by atoms with Gasteiger partial charge in [0.15, 0.2) is 0 Å². The SMILES string of the molecule is Cc1cccc(NC(=O)Nc2cccc(C)c2N(C)C)c1N(C)C. The van der Waals surface area contributed by atoms with Crippen molar-refractivity contribution in [3.63, 3.8) is 0 Å². The third kappa shape index (κ3) is 3.79. The number of anilines is 4. The minimum absolute atomic E-state index is 0.252. The quantitative estimate of drug-likeness (QED) is 0.890. The fourth-order valence-electron chi connectivity index (χ4n) is 2.98. The van der Waals surface area contributed by atoms with Crippen molar-refractivity contribution in [1.29, 1.82) is 0 Å². The minimum atomic E-state index is -0.252.